The number of hydrogen-bond acceptors (Lipinski definition) is 6. The normalized spacial score (nSPS) is 11.8. The Bertz CT molecular complexity index is 1540. The van der Waals surface area contributed by atoms with Gasteiger partial charge in [0.05, 0.1) is 13.2 Å². The van der Waals surface area contributed by atoms with Gasteiger partial charge in [0, 0.05) is 12.2 Å². The number of fused-ring (bicyclic) bond motifs is 2. The first-order valence-electron chi connectivity index (χ1n) is 15.9. The van der Waals surface area contributed by atoms with Gasteiger partial charge in [0.2, 0.25) is 0 Å². The third kappa shape index (κ3) is 12.8. The lowest BCUT2D eigenvalue weighted by atomic mass is 10.1. The molecule has 0 fully saturated rings. The van der Waals surface area contributed by atoms with E-state index in [1.807, 2.05) is 114 Å². The summed E-state index contributed by atoms with van der Waals surface area (Å²) in [6.07, 6.45) is 8.46. The van der Waals surface area contributed by atoms with Gasteiger partial charge in [0.15, 0.2) is 0 Å². The Morgan fingerprint density at radius 3 is 1.24 bits per heavy atom. The van der Waals surface area contributed by atoms with Crippen LogP contribution in [0.1, 0.15) is 79.4 Å². The fourth-order valence-electron chi connectivity index (χ4n) is 4.31. The second kappa shape index (κ2) is 16.6. The summed E-state index contributed by atoms with van der Waals surface area (Å²) in [6.45, 7) is 16.7. The highest BCUT2D eigenvalue weighted by Gasteiger charge is 2.14. The molecule has 0 radical (unpaired) electrons. The average Bonchev–Trinajstić information content (AvgIpc) is 2.99. The first-order valence-corrected chi connectivity index (χ1v) is 15.9. The van der Waals surface area contributed by atoms with E-state index in [1.165, 1.54) is 12.2 Å². The topological polar surface area (TPSA) is 71.1 Å². The second-order valence-electron chi connectivity index (χ2n) is 13.0. The van der Waals surface area contributed by atoms with Gasteiger partial charge in [0.1, 0.15) is 22.7 Å². The number of carbonyl (C=O) groups is 2. The quantitative estimate of drug-likeness (QED) is 0.129. The number of esters is 2. The Kier molecular flexibility index (Phi) is 13.0. The predicted octanol–water partition coefficient (Wildman–Crippen LogP) is 9.97. The molecule has 0 saturated carbocycles. The van der Waals surface area contributed by atoms with E-state index < -0.39 is 11.2 Å². The lowest BCUT2D eigenvalue weighted by molar-refractivity contribution is -0.149. The molecule has 4 aromatic rings. The molecule has 0 atom stereocenters. The van der Waals surface area contributed by atoms with Crippen molar-refractivity contribution in [2.75, 3.05) is 13.2 Å². The minimum absolute atomic E-state index is 0.332. The summed E-state index contributed by atoms with van der Waals surface area (Å²) in [5, 5.41) is 4.46. The van der Waals surface area contributed by atoms with Crippen LogP contribution in [0.2, 0.25) is 0 Å². The maximum absolute atomic E-state index is 11.7. The lowest BCUT2D eigenvalue weighted by Crippen LogP contribution is -2.22. The van der Waals surface area contributed by atoms with Crippen LogP contribution < -0.4 is 9.47 Å². The van der Waals surface area contributed by atoms with Crippen LogP contribution in [0.3, 0.4) is 0 Å². The van der Waals surface area contributed by atoms with Crippen LogP contribution in [0, 0.1) is 0 Å². The van der Waals surface area contributed by atoms with Crippen LogP contribution >= 0.6 is 0 Å². The zero-order valence-electron chi connectivity index (χ0n) is 28.5. The summed E-state index contributed by atoms with van der Waals surface area (Å²) >= 11 is 0. The van der Waals surface area contributed by atoms with Crippen molar-refractivity contribution in [1.82, 2.24) is 0 Å². The zero-order valence-corrected chi connectivity index (χ0v) is 28.5. The van der Waals surface area contributed by atoms with Gasteiger partial charge >= 0.3 is 11.9 Å². The van der Waals surface area contributed by atoms with Gasteiger partial charge in [-0.2, -0.15) is 0 Å². The Hall–Kier alpha value is -4.58. The van der Waals surface area contributed by atoms with Gasteiger partial charge in [-0.25, -0.2) is 9.59 Å². The van der Waals surface area contributed by atoms with E-state index >= 15 is 0 Å². The predicted molar refractivity (Wildman–Crippen MR) is 189 cm³/mol. The van der Waals surface area contributed by atoms with E-state index in [1.54, 1.807) is 12.2 Å². The van der Waals surface area contributed by atoms with E-state index in [2.05, 4.69) is 13.8 Å². The molecular weight excluding hydrogens is 576 g/mol. The summed E-state index contributed by atoms with van der Waals surface area (Å²) in [5.41, 5.74) is 0.982. The van der Waals surface area contributed by atoms with Crippen LogP contribution in [0.25, 0.3) is 33.7 Å². The van der Waals surface area contributed by atoms with Crippen molar-refractivity contribution in [3.63, 3.8) is 0 Å². The Morgan fingerprint density at radius 2 is 0.891 bits per heavy atom. The van der Waals surface area contributed by atoms with Crippen molar-refractivity contribution in [2.24, 2.45) is 0 Å². The van der Waals surface area contributed by atoms with E-state index in [9.17, 15) is 9.59 Å². The molecule has 244 valence electrons. The number of hydrogen-bond donors (Lipinski definition) is 0. The fraction of sp³-hybridized carbons (Fsp3) is 0.350. The molecule has 0 N–H and O–H groups in total. The monoisotopic (exact) mass is 624 g/mol. The highest BCUT2D eigenvalue weighted by Crippen LogP contribution is 2.24. The van der Waals surface area contributed by atoms with E-state index in [4.69, 9.17) is 18.9 Å². The van der Waals surface area contributed by atoms with Gasteiger partial charge in [-0.1, -0.05) is 50.2 Å². The number of rotatable bonds is 10. The highest BCUT2D eigenvalue weighted by atomic mass is 16.6. The third-order valence-corrected chi connectivity index (χ3v) is 6.25. The van der Waals surface area contributed by atoms with Gasteiger partial charge in [-0.15, -0.1) is 0 Å². The molecule has 6 nitrogen and oxygen atoms in total. The SMILES string of the molecule is CCCOc1ccc2cc(C=CC(=O)OC(C)(C)C)ccc2c1.CCCOc1ccc2cc(C=CC(=O)OC(C)(C)C)ccc2c1. The zero-order chi connectivity index (χ0) is 33.7. The second-order valence-corrected chi connectivity index (χ2v) is 13.0. The molecule has 0 unspecified atom stereocenters. The van der Waals surface area contributed by atoms with Crippen LogP contribution in [-0.4, -0.2) is 36.4 Å². The largest absolute Gasteiger partial charge is 0.494 e. The number of ether oxygens (including phenoxy) is 4. The van der Waals surface area contributed by atoms with Gasteiger partial charge in [-0.3, -0.25) is 0 Å². The molecule has 6 heteroatoms. The smallest absolute Gasteiger partial charge is 0.331 e. The van der Waals surface area contributed by atoms with Crippen LogP contribution in [0.4, 0.5) is 0 Å². The maximum atomic E-state index is 11.7. The van der Waals surface area contributed by atoms with Crippen LogP contribution in [0.15, 0.2) is 84.9 Å². The summed E-state index contributed by atoms with van der Waals surface area (Å²) in [4.78, 5) is 23.4. The minimum atomic E-state index is -0.473. The van der Waals surface area contributed by atoms with Gasteiger partial charge in [0.25, 0.3) is 0 Å². The summed E-state index contributed by atoms with van der Waals surface area (Å²) in [7, 11) is 0. The standard InChI is InChI=1S/2C20H24O3/c2*1-5-12-22-18-10-9-16-13-15(6-8-17(16)14-18)7-11-19(21)23-20(2,3)4/h2*6-11,13-14H,5,12H2,1-4H3. The van der Waals surface area contributed by atoms with Crippen molar-refractivity contribution in [2.45, 2.75) is 79.4 Å². The molecule has 4 rings (SSSR count). The molecule has 4 aromatic carbocycles. The Balaban J connectivity index is 0.000000250. The Morgan fingerprint density at radius 1 is 0.543 bits per heavy atom. The van der Waals surface area contributed by atoms with Gasteiger partial charge in [-0.05, 0) is 136 Å². The lowest BCUT2D eigenvalue weighted by Gasteiger charge is -2.17. The number of benzene rings is 4. The minimum Gasteiger partial charge on any atom is -0.494 e. The molecular formula is C40H48O6. The van der Waals surface area contributed by atoms with Crippen molar-refractivity contribution < 1.29 is 28.5 Å². The first-order chi connectivity index (χ1) is 21.7. The fourth-order valence-corrected chi connectivity index (χ4v) is 4.31. The first kappa shape index (κ1) is 35.9. The van der Waals surface area contributed by atoms with Crippen LogP contribution in [-0.2, 0) is 19.1 Å². The van der Waals surface area contributed by atoms with E-state index in [0.717, 1.165) is 70.2 Å². The van der Waals surface area contributed by atoms with E-state index in [0.29, 0.717) is 0 Å². The molecule has 0 bridgehead atoms. The molecule has 0 spiro atoms. The number of carbonyl (C=O) groups excluding carboxylic acids is 2. The van der Waals surface area contributed by atoms with Crippen molar-refractivity contribution in [3.8, 4) is 11.5 Å². The molecule has 46 heavy (non-hydrogen) atoms. The molecule has 0 saturated heterocycles. The molecule has 0 amide bonds. The molecule has 0 aliphatic heterocycles. The summed E-state index contributed by atoms with van der Waals surface area (Å²) in [5.74, 6) is 1.11. The van der Waals surface area contributed by atoms with Crippen molar-refractivity contribution in [3.05, 3.63) is 96.1 Å². The van der Waals surface area contributed by atoms with Crippen molar-refractivity contribution >= 4 is 45.6 Å². The molecule has 0 aromatic heterocycles. The summed E-state index contributed by atoms with van der Waals surface area (Å²) in [6, 6.07) is 24.2. The molecule has 0 aliphatic carbocycles. The van der Waals surface area contributed by atoms with E-state index in [-0.39, 0.29) is 11.9 Å². The van der Waals surface area contributed by atoms with Gasteiger partial charge < -0.3 is 18.9 Å². The Labute approximate surface area is 274 Å². The maximum Gasteiger partial charge on any atom is 0.331 e. The highest BCUT2D eigenvalue weighted by molar-refractivity contribution is 5.91. The van der Waals surface area contributed by atoms with Crippen LogP contribution in [0.5, 0.6) is 11.5 Å². The molecule has 0 heterocycles. The third-order valence-electron chi connectivity index (χ3n) is 6.25. The van der Waals surface area contributed by atoms with Crippen molar-refractivity contribution in [1.29, 1.82) is 0 Å². The summed E-state index contributed by atoms with van der Waals surface area (Å²) < 4.78 is 21.8. The molecule has 0 aliphatic rings. The average molecular weight is 625 g/mol.